The Bertz CT molecular complexity index is 662. The lowest BCUT2D eigenvalue weighted by atomic mass is 10.2. The molecule has 0 aliphatic carbocycles. The molecule has 0 heterocycles. The fourth-order valence-electron chi connectivity index (χ4n) is 1.85. The molecule has 0 fully saturated rings. The molecule has 23 heavy (non-hydrogen) atoms. The fourth-order valence-corrected chi connectivity index (χ4v) is 2.25. The summed E-state index contributed by atoms with van der Waals surface area (Å²) in [6.45, 7) is 3.06. The van der Waals surface area contributed by atoms with E-state index in [4.69, 9.17) is 33.3 Å². The van der Waals surface area contributed by atoms with Crippen LogP contribution in [0.4, 0.5) is 5.69 Å². The van der Waals surface area contributed by atoms with Crippen LogP contribution in [-0.2, 0) is 0 Å². The number of benzene rings is 2. The van der Waals surface area contributed by atoms with Crippen LogP contribution in [0.5, 0.6) is 11.5 Å². The second-order valence-electron chi connectivity index (χ2n) is 4.87. The number of ether oxygens (including phenoxy) is 2. The molecule has 2 rings (SSSR count). The quantitative estimate of drug-likeness (QED) is 0.608. The highest BCUT2D eigenvalue weighted by atomic mass is 35.5. The van der Waals surface area contributed by atoms with Gasteiger partial charge in [0, 0.05) is 10.7 Å². The van der Waals surface area contributed by atoms with E-state index < -0.39 is 0 Å². The van der Waals surface area contributed by atoms with Crippen LogP contribution in [-0.4, -0.2) is 25.4 Å². The van der Waals surface area contributed by atoms with Gasteiger partial charge < -0.3 is 20.1 Å². The van der Waals surface area contributed by atoms with Crippen LogP contribution in [0.1, 0.15) is 5.56 Å². The van der Waals surface area contributed by atoms with Crippen LogP contribution in [0.15, 0.2) is 42.5 Å². The zero-order valence-corrected chi connectivity index (χ0v) is 14.6. The SMILES string of the molecule is COc1ccc(OCCNC(=S)Nc2ccc(C)c(Cl)c2)cc1. The molecule has 6 heteroatoms. The maximum atomic E-state index is 6.08. The van der Waals surface area contributed by atoms with E-state index in [-0.39, 0.29) is 0 Å². The first-order valence-corrected chi connectivity index (χ1v) is 7.95. The van der Waals surface area contributed by atoms with Gasteiger partial charge in [0.15, 0.2) is 5.11 Å². The average Bonchev–Trinajstić information content (AvgIpc) is 2.55. The molecule has 2 N–H and O–H groups in total. The van der Waals surface area contributed by atoms with Gasteiger partial charge in [0.1, 0.15) is 18.1 Å². The van der Waals surface area contributed by atoms with Crippen molar-refractivity contribution in [2.24, 2.45) is 0 Å². The zero-order valence-electron chi connectivity index (χ0n) is 13.1. The van der Waals surface area contributed by atoms with Crippen molar-refractivity contribution in [1.82, 2.24) is 5.32 Å². The zero-order chi connectivity index (χ0) is 16.7. The van der Waals surface area contributed by atoms with Gasteiger partial charge in [-0.2, -0.15) is 0 Å². The van der Waals surface area contributed by atoms with E-state index in [0.717, 1.165) is 22.7 Å². The highest BCUT2D eigenvalue weighted by Crippen LogP contribution is 2.20. The first-order valence-electron chi connectivity index (χ1n) is 7.16. The summed E-state index contributed by atoms with van der Waals surface area (Å²) in [5.74, 6) is 1.59. The maximum Gasteiger partial charge on any atom is 0.170 e. The standard InChI is InChI=1S/C17H19ClN2O2S/c1-12-3-4-13(11-16(12)18)20-17(23)19-9-10-22-15-7-5-14(21-2)6-8-15/h3-8,11H,9-10H2,1-2H3,(H2,19,20,23). The van der Waals surface area contributed by atoms with Crippen molar-refractivity contribution in [2.75, 3.05) is 25.6 Å². The van der Waals surface area contributed by atoms with Gasteiger partial charge in [-0.25, -0.2) is 0 Å². The minimum absolute atomic E-state index is 0.503. The lowest BCUT2D eigenvalue weighted by Gasteiger charge is -2.12. The van der Waals surface area contributed by atoms with Crippen LogP contribution in [0.3, 0.4) is 0 Å². The summed E-state index contributed by atoms with van der Waals surface area (Å²) in [6, 6.07) is 13.2. The van der Waals surface area contributed by atoms with E-state index in [1.807, 2.05) is 49.4 Å². The predicted octanol–water partition coefficient (Wildman–Crippen LogP) is 4.02. The van der Waals surface area contributed by atoms with Crippen LogP contribution in [0.25, 0.3) is 0 Å². The predicted molar refractivity (Wildman–Crippen MR) is 98.9 cm³/mol. The van der Waals surface area contributed by atoms with E-state index >= 15 is 0 Å². The van der Waals surface area contributed by atoms with Crippen LogP contribution in [0.2, 0.25) is 5.02 Å². The molecule has 0 spiro atoms. The van der Waals surface area contributed by atoms with Crippen molar-refractivity contribution in [1.29, 1.82) is 0 Å². The molecular weight excluding hydrogens is 332 g/mol. The second kappa shape index (κ2) is 8.60. The molecule has 122 valence electrons. The molecule has 0 unspecified atom stereocenters. The lowest BCUT2D eigenvalue weighted by molar-refractivity contribution is 0.322. The Balaban J connectivity index is 1.70. The van der Waals surface area contributed by atoms with Gasteiger partial charge in [-0.05, 0) is 61.1 Å². The van der Waals surface area contributed by atoms with Gasteiger partial charge in [0.25, 0.3) is 0 Å². The van der Waals surface area contributed by atoms with Gasteiger partial charge in [-0.3, -0.25) is 0 Å². The molecule has 0 aliphatic rings. The van der Waals surface area contributed by atoms with Gasteiger partial charge in [0.05, 0.1) is 13.7 Å². The summed E-state index contributed by atoms with van der Waals surface area (Å²) in [7, 11) is 1.63. The number of methoxy groups -OCH3 is 1. The van der Waals surface area contributed by atoms with Gasteiger partial charge >= 0.3 is 0 Å². The number of hydrogen-bond acceptors (Lipinski definition) is 3. The average molecular weight is 351 g/mol. The third-order valence-corrected chi connectivity index (χ3v) is 3.80. The minimum Gasteiger partial charge on any atom is -0.497 e. The molecule has 4 nitrogen and oxygen atoms in total. The Labute approximate surface area is 146 Å². The van der Waals surface area contributed by atoms with Gasteiger partial charge in [-0.15, -0.1) is 0 Å². The van der Waals surface area contributed by atoms with E-state index in [1.54, 1.807) is 7.11 Å². The first kappa shape index (κ1) is 17.4. The first-order chi connectivity index (χ1) is 11.1. The normalized spacial score (nSPS) is 10.0. The maximum absolute atomic E-state index is 6.08. The molecule has 0 bridgehead atoms. The highest BCUT2D eigenvalue weighted by Gasteiger charge is 2.01. The summed E-state index contributed by atoms with van der Waals surface area (Å²) >= 11 is 11.3. The van der Waals surface area contributed by atoms with E-state index in [2.05, 4.69) is 10.6 Å². The summed E-state index contributed by atoms with van der Waals surface area (Å²) in [5.41, 5.74) is 1.89. The fraction of sp³-hybridized carbons (Fsp3) is 0.235. The smallest absolute Gasteiger partial charge is 0.170 e. The Hall–Kier alpha value is -1.98. The van der Waals surface area contributed by atoms with E-state index in [0.29, 0.717) is 23.3 Å². The van der Waals surface area contributed by atoms with Crippen LogP contribution < -0.4 is 20.1 Å². The molecular formula is C17H19ClN2O2S. The van der Waals surface area contributed by atoms with Crippen molar-refractivity contribution < 1.29 is 9.47 Å². The van der Waals surface area contributed by atoms with Crippen molar-refractivity contribution in [2.45, 2.75) is 6.92 Å². The molecule has 2 aromatic rings. The molecule has 0 radical (unpaired) electrons. The number of nitrogens with one attached hydrogen (secondary N) is 2. The monoisotopic (exact) mass is 350 g/mol. The van der Waals surface area contributed by atoms with Crippen LogP contribution in [0, 0.1) is 6.92 Å². The molecule has 2 aromatic carbocycles. The number of rotatable bonds is 6. The summed E-state index contributed by atoms with van der Waals surface area (Å²) < 4.78 is 10.7. The number of hydrogen-bond donors (Lipinski definition) is 2. The third kappa shape index (κ3) is 5.62. The largest absolute Gasteiger partial charge is 0.497 e. The van der Waals surface area contributed by atoms with E-state index in [1.165, 1.54) is 0 Å². The number of aryl methyl sites for hydroxylation is 1. The molecule has 0 amide bonds. The topological polar surface area (TPSA) is 42.5 Å². The Morgan fingerprint density at radius 3 is 2.48 bits per heavy atom. The van der Waals surface area contributed by atoms with Crippen LogP contribution >= 0.6 is 23.8 Å². The van der Waals surface area contributed by atoms with E-state index in [9.17, 15) is 0 Å². The summed E-state index contributed by atoms with van der Waals surface area (Å²) in [6.07, 6.45) is 0. The molecule has 0 atom stereocenters. The van der Waals surface area contributed by atoms with Crippen molar-refractivity contribution in [3.63, 3.8) is 0 Å². The molecule has 0 aliphatic heterocycles. The Kier molecular flexibility index (Phi) is 6.50. The third-order valence-electron chi connectivity index (χ3n) is 3.15. The minimum atomic E-state index is 0.503. The lowest BCUT2D eigenvalue weighted by Crippen LogP contribution is -2.31. The highest BCUT2D eigenvalue weighted by molar-refractivity contribution is 7.80. The van der Waals surface area contributed by atoms with Crippen molar-refractivity contribution in [3.05, 3.63) is 53.1 Å². The molecule has 0 saturated carbocycles. The molecule has 0 saturated heterocycles. The second-order valence-corrected chi connectivity index (χ2v) is 5.68. The van der Waals surface area contributed by atoms with Crippen molar-refractivity contribution in [3.8, 4) is 11.5 Å². The van der Waals surface area contributed by atoms with Crippen molar-refractivity contribution >= 4 is 34.6 Å². The Morgan fingerprint density at radius 1 is 1.13 bits per heavy atom. The Morgan fingerprint density at radius 2 is 1.83 bits per heavy atom. The van der Waals surface area contributed by atoms with Gasteiger partial charge in [-0.1, -0.05) is 17.7 Å². The number of thiocarbonyl (C=S) groups is 1. The molecule has 0 aromatic heterocycles. The summed E-state index contributed by atoms with van der Waals surface area (Å²) in [4.78, 5) is 0. The summed E-state index contributed by atoms with van der Waals surface area (Å²) in [5, 5.41) is 7.41. The number of anilines is 1. The van der Waals surface area contributed by atoms with Gasteiger partial charge in [0.2, 0.25) is 0 Å². The number of halogens is 1.